The highest BCUT2D eigenvalue weighted by Gasteiger charge is 2.54. The van der Waals surface area contributed by atoms with E-state index in [1.807, 2.05) is 12.1 Å². The number of aryl methyl sites for hydroxylation is 1. The summed E-state index contributed by atoms with van der Waals surface area (Å²) < 4.78 is 2.15. The van der Waals surface area contributed by atoms with E-state index in [0.717, 1.165) is 47.7 Å². The Bertz CT molecular complexity index is 769. The highest BCUT2D eigenvalue weighted by atomic mass is 16.1. The van der Waals surface area contributed by atoms with Crippen LogP contribution < -0.4 is 16.0 Å². The van der Waals surface area contributed by atoms with Crippen LogP contribution in [-0.4, -0.2) is 35.1 Å². The maximum atomic E-state index is 11.0. The largest absolute Gasteiger partial charge is 0.367 e. The van der Waals surface area contributed by atoms with E-state index in [1.54, 1.807) is 0 Å². The molecule has 6 nitrogen and oxygen atoms in total. The minimum Gasteiger partial charge on any atom is -0.367 e. The van der Waals surface area contributed by atoms with Crippen LogP contribution in [0.5, 0.6) is 0 Å². The Morgan fingerprint density at radius 2 is 2.04 bits per heavy atom. The fraction of sp³-hybridized carbons (Fsp3) is 0.529. The summed E-state index contributed by atoms with van der Waals surface area (Å²) in [5.41, 5.74) is 10.0. The van der Waals surface area contributed by atoms with Crippen molar-refractivity contribution >= 4 is 28.8 Å². The van der Waals surface area contributed by atoms with Crippen LogP contribution in [0.25, 0.3) is 11.0 Å². The van der Waals surface area contributed by atoms with Crippen LogP contribution >= 0.6 is 0 Å². The third-order valence-corrected chi connectivity index (χ3v) is 5.37. The van der Waals surface area contributed by atoms with Crippen molar-refractivity contribution in [1.29, 1.82) is 0 Å². The number of imidazole rings is 1. The zero-order valence-corrected chi connectivity index (χ0v) is 13.8. The van der Waals surface area contributed by atoms with Crippen molar-refractivity contribution in [2.45, 2.75) is 25.8 Å². The van der Waals surface area contributed by atoms with E-state index in [4.69, 9.17) is 10.7 Å². The van der Waals surface area contributed by atoms with Gasteiger partial charge in [-0.05, 0) is 24.0 Å². The van der Waals surface area contributed by atoms with E-state index in [-0.39, 0.29) is 0 Å². The summed E-state index contributed by atoms with van der Waals surface area (Å²) >= 11 is 0. The lowest BCUT2D eigenvalue weighted by Gasteiger charge is -2.24. The maximum Gasteiger partial charge on any atom is 0.211 e. The van der Waals surface area contributed by atoms with E-state index in [0.29, 0.717) is 23.8 Å². The molecular weight excluding hydrogens is 290 g/mol. The van der Waals surface area contributed by atoms with Gasteiger partial charge in [-0.1, -0.05) is 13.8 Å². The molecule has 1 aliphatic carbocycles. The van der Waals surface area contributed by atoms with Crippen LogP contribution in [0.3, 0.4) is 0 Å². The Kier molecular flexibility index (Phi) is 3.13. The van der Waals surface area contributed by atoms with Crippen LogP contribution in [-0.2, 0) is 11.8 Å². The van der Waals surface area contributed by atoms with Gasteiger partial charge in [0.15, 0.2) is 0 Å². The molecular formula is C17H23N5O. The predicted octanol–water partition coefficient (Wildman–Crippen LogP) is 1.66. The number of nitrogens with two attached hydrogens (primary N) is 1. The van der Waals surface area contributed by atoms with Crippen LogP contribution in [0.4, 0.5) is 11.4 Å². The molecule has 2 aliphatic rings. The summed E-state index contributed by atoms with van der Waals surface area (Å²) in [4.78, 5) is 18.2. The number of benzene rings is 1. The molecule has 122 valence electrons. The second-order valence-corrected chi connectivity index (χ2v) is 7.09. The van der Waals surface area contributed by atoms with E-state index < -0.39 is 0 Å². The number of nitrogens with zero attached hydrogens (tertiary/aromatic N) is 3. The molecule has 1 amide bonds. The molecule has 23 heavy (non-hydrogen) atoms. The molecule has 1 saturated carbocycles. The number of carbonyl (C=O) groups is 1. The standard InChI is InChI=1S/C17H23N5O/c1-9(2)17-20-15-13(21(17)3)5-4-12(19-8-23)16(15)22-6-10-11(7-22)14(10)18/h4-5,8-11,14H,6-7,18H2,1-3H3,(H,19,23). The van der Waals surface area contributed by atoms with Gasteiger partial charge in [0, 0.05) is 32.1 Å². The first-order valence-corrected chi connectivity index (χ1v) is 8.23. The smallest absolute Gasteiger partial charge is 0.211 e. The van der Waals surface area contributed by atoms with E-state index in [9.17, 15) is 4.79 Å². The van der Waals surface area contributed by atoms with E-state index >= 15 is 0 Å². The second kappa shape index (κ2) is 4.96. The molecule has 1 aliphatic heterocycles. The lowest BCUT2D eigenvalue weighted by atomic mass is 10.2. The van der Waals surface area contributed by atoms with Gasteiger partial charge in [-0.15, -0.1) is 0 Å². The molecule has 1 saturated heterocycles. The van der Waals surface area contributed by atoms with Gasteiger partial charge in [-0.2, -0.15) is 0 Å². The molecule has 2 heterocycles. The fourth-order valence-corrected chi connectivity index (χ4v) is 4.03. The minimum atomic E-state index is 0.350. The lowest BCUT2D eigenvalue weighted by Crippen LogP contribution is -2.28. The maximum absolute atomic E-state index is 11.0. The third kappa shape index (κ3) is 2.05. The molecule has 1 aromatic carbocycles. The molecule has 4 rings (SSSR count). The molecule has 2 fully saturated rings. The average molecular weight is 313 g/mol. The molecule has 2 atom stereocenters. The Labute approximate surface area is 135 Å². The zero-order valence-electron chi connectivity index (χ0n) is 13.8. The van der Waals surface area contributed by atoms with Crippen LogP contribution in [0, 0.1) is 11.8 Å². The Balaban J connectivity index is 1.86. The van der Waals surface area contributed by atoms with Crippen molar-refractivity contribution < 1.29 is 4.79 Å². The lowest BCUT2D eigenvalue weighted by molar-refractivity contribution is -0.105. The van der Waals surface area contributed by atoms with Crippen molar-refractivity contribution in [3.05, 3.63) is 18.0 Å². The number of anilines is 2. The number of amides is 1. The summed E-state index contributed by atoms with van der Waals surface area (Å²) in [6, 6.07) is 4.36. The summed E-state index contributed by atoms with van der Waals surface area (Å²) in [7, 11) is 2.05. The molecule has 1 aromatic heterocycles. The van der Waals surface area contributed by atoms with Crippen molar-refractivity contribution in [3.63, 3.8) is 0 Å². The number of rotatable bonds is 4. The molecule has 3 N–H and O–H groups in total. The van der Waals surface area contributed by atoms with Crippen LogP contribution in [0.2, 0.25) is 0 Å². The first-order valence-electron chi connectivity index (χ1n) is 8.23. The molecule has 0 spiro atoms. The van der Waals surface area contributed by atoms with Crippen molar-refractivity contribution in [1.82, 2.24) is 9.55 Å². The highest BCUT2D eigenvalue weighted by molar-refractivity contribution is 5.99. The first-order chi connectivity index (χ1) is 11.0. The van der Waals surface area contributed by atoms with Gasteiger partial charge in [0.2, 0.25) is 6.41 Å². The van der Waals surface area contributed by atoms with Gasteiger partial charge in [0.25, 0.3) is 0 Å². The zero-order chi connectivity index (χ0) is 16.3. The third-order valence-electron chi connectivity index (χ3n) is 5.37. The number of aromatic nitrogens is 2. The Morgan fingerprint density at radius 3 is 2.65 bits per heavy atom. The number of piperidine rings is 1. The van der Waals surface area contributed by atoms with E-state index in [1.165, 1.54) is 0 Å². The van der Waals surface area contributed by atoms with Gasteiger partial charge in [-0.25, -0.2) is 4.98 Å². The van der Waals surface area contributed by atoms with Gasteiger partial charge in [-0.3, -0.25) is 4.79 Å². The summed E-state index contributed by atoms with van der Waals surface area (Å²) in [5, 5.41) is 2.84. The monoisotopic (exact) mass is 313 g/mol. The van der Waals surface area contributed by atoms with Gasteiger partial charge in [0.1, 0.15) is 11.3 Å². The van der Waals surface area contributed by atoms with Crippen molar-refractivity contribution in [2.24, 2.45) is 24.6 Å². The normalized spacial score (nSPS) is 26.0. The SMILES string of the molecule is CC(C)c1nc2c(N3CC4C(N)C4C3)c(NC=O)ccc2n1C. The fourth-order valence-electron chi connectivity index (χ4n) is 4.03. The molecule has 2 unspecified atom stereocenters. The summed E-state index contributed by atoms with van der Waals surface area (Å²) in [5.74, 6) is 2.58. The molecule has 0 bridgehead atoms. The molecule has 6 heteroatoms. The minimum absolute atomic E-state index is 0.350. The molecule has 0 radical (unpaired) electrons. The van der Waals surface area contributed by atoms with E-state index in [2.05, 4.69) is 35.7 Å². The topological polar surface area (TPSA) is 76.2 Å². The number of hydrogen-bond donors (Lipinski definition) is 2. The number of hydrogen-bond acceptors (Lipinski definition) is 4. The van der Waals surface area contributed by atoms with Crippen molar-refractivity contribution in [3.8, 4) is 0 Å². The van der Waals surface area contributed by atoms with Gasteiger partial charge in [0.05, 0.1) is 16.9 Å². The predicted molar refractivity (Wildman–Crippen MR) is 91.7 cm³/mol. The number of fused-ring (bicyclic) bond motifs is 2. The Morgan fingerprint density at radius 1 is 1.35 bits per heavy atom. The highest BCUT2D eigenvalue weighted by Crippen LogP contribution is 2.48. The Hall–Kier alpha value is -2.08. The van der Waals surface area contributed by atoms with Gasteiger partial charge < -0.3 is 20.5 Å². The van der Waals surface area contributed by atoms with Crippen molar-refractivity contribution in [2.75, 3.05) is 23.3 Å². The van der Waals surface area contributed by atoms with Crippen LogP contribution in [0.15, 0.2) is 12.1 Å². The molecule has 2 aromatic rings. The van der Waals surface area contributed by atoms with Crippen LogP contribution in [0.1, 0.15) is 25.6 Å². The number of nitrogens with one attached hydrogen (secondary N) is 1. The average Bonchev–Trinajstić information content (AvgIpc) is 2.91. The summed E-state index contributed by atoms with van der Waals surface area (Å²) in [6.45, 7) is 6.20. The number of carbonyl (C=O) groups excluding carboxylic acids is 1. The second-order valence-electron chi connectivity index (χ2n) is 7.09. The summed E-state index contributed by atoms with van der Waals surface area (Å²) in [6.07, 6.45) is 0.736. The van der Waals surface area contributed by atoms with Gasteiger partial charge >= 0.3 is 0 Å². The quantitative estimate of drug-likeness (QED) is 0.842. The first kappa shape index (κ1) is 14.5.